The minimum atomic E-state index is -0.0241. The molecule has 0 aromatic heterocycles. The second kappa shape index (κ2) is 8.87. The molecule has 3 heteroatoms. The molecule has 0 spiro atoms. The summed E-state index contributed by atoms with van der Waals surface area (Å²) in [5.74, 6) is 0. The smallest absolute Gasteiger partial charge is 0.0833 e. The first kappa shape index (κ1) is 20.6. The highest BCUT2D eigenvalue weighted by molar-refractivity contribution is 6.15. The van der Waals surface area contributed by atoms with Crippen LogP contribution >= 0.6 is 0 Å². The Kier molecular flexibility index (Phi) is 8.69. The van der Waals surface area contributed by atoms with Crippen molar-refractivity contribution in [3.05, 3.63) is 11.3 Å². The zero-order valence-electron chi connectivity index (χ0n) is 15.7. The fraction of sp³-hybridized carbons (Fsp3) is 0.889. The van der Waals surface area contributed by atoms with Crippen molar-refractivity contribution < 1.29 is 4.74 Å². The lowest BCUT2D eigenvalue weighted by Gasteiger charge is -2.48. The van der Waals surface area contributed by atoms with Gasteiger partial charge in [-0.15, -0.1) is 0 Å². The van der Waals surface area contributed by atoms with Crippen molar-refractivity contribution in [2.45, 2.75) is 85.0 Å². The van der Waals surface area contributed by atoms with Gasteiger partial charge in [0.25, 0.3) is 0 Å². The molecule has 1 unspecified atom stereocenters. The van der Waals surface area contributed by atoms with Crippen LogP contribution in [0.1, 0.15) is 74.1 Å². The maximum atomic E-state index is 6.31. The van der Waals surface area contributed by atoms with E-state index >= 15 is 0 Å². The summed E-state index contributed by atoms with van der Waals surface area (Å²) >= 11 is 0. The normalized spacial score (nSPS) is 27.2. The molecule has 122 valence electrons. The Morgan fingerprint density at radius 3 is 2.05 bits per heavy atom. The van der Waals surface area contributed by atoms with Crippen LogP contribution in [0.4, 0.5) is 0 Å². The minimum Gasteiger partial charge on any atom is -0.376 e. The van der Waals surface area contributed by atoms with E-state index in [0.717, 1.165) is 32.5 Å². The molecule has 0 N–H and O–H groups in total. The van der Waals surface area contributed by atoms with E-state index in [2.05, 4.69) is 32.7 Å². The Morgan fingerprint density at radius 2 is 1.62 bits per heavy atom. The molecular weight excluding hydrogens is 257 g/mol. The third-order valence-corrected chi connectivity index (χ3v) is 4.36. The van der Waals surface area contributed by atoms with Gasteiger partial charge in [0.1, 0.15) is 0 Å². The number of hydrogen-bond acceptors (Lipinski definition) is 2. The molecule has 0 saturated carbocycles. The number of likely N-dealkylation sites (N-methyl/N-ethyl adjacent to an activating group) is 1. The third kappa shape index (κ3) is 5.36. The lowest BCUT2D eigenvalue weighted by molar-refractivity contribution is -0.111. The Bertz CT molecular complexity index is 332. The highest BCUT2D eigenvalue weighted by atomic mass is 16.5. The van der Waals surface area contributed by atoms with Crippen LogP contribution in [0.15, 0.2) is 11.3 Å². The Hall–Kier alpha value is -0.435. The van der Waals surface area contributed by atoms with E-state index in [0.29, 0.717) is 0 Å². The number of rotatable bonds is 2. The van der Waals surface area contributed by atoms with E-state index in [9.17, 15) is 0 Å². The number of allylic oxidation sites excluding steroid dienone is 2. The molecular formula is C18H36BNO. The molecule has 1 heterocycles. The molecule has 2 aliphatic rings. The first-order chi connectivity index (χ1) is 9.84. The summed E-state index contributed by atoms with van der Waals surface area (Å²) < 4.78 is 5.37. The van der Waals surface area contributed by atoms with Gasteiger partial charge >= 0.3 is 0 Å². The van der Waals surface area contributed by atoms with E-state index in [1.807, 2.05) is 27.7 Å². The SMILES string of the molecule is CC.CC.[B]C1(C)CCCC(N(C)C2(C)COC2)=C(C)C1. The molecule has 0 aromatic carbocycles. The molecule has 2 rings (SSSR count). The van der Waals surface area contributed by atoms with E-state index in [1.54, 1.807) is 0 Å². The highest BCUT2D eigenvalue weighted by Crippen LogP contribution is 2.42. The summed E-state index contributed by atoms with van der Waals surface area (Å²) in [5.41, 5.74) is 3.15. The molecule has 0 bridgehead atoms. The van der Waals surface area contributed by atoms with Gasteiger partial charge in [0.2, 0.25) is 0 Å². The topological polar surface area (TPSA) is 12.5 Å². The largest absolute Gasteiger partial charge is 0.376 e. The quantitative estimate of drug-likeness (QED) is 0.668. The lowest BCUT2D eigenvalue weighted by atomic mass is 9.65. The Labute approximate surface area is 134 Å². The molecule has 21 heavy (non-hydrogen) atoms. The summed E-state index contributed by atoms with van der Waals surface area (Å²) in [6.07, 6.45) is 4.49. The van der Waals surface area contributed by atoms with Crippen LogP contribution in [0.3, 0.4) is 0 Å². The molecule has 1 atom stereocenters. The number of nitrogens with zero attached hydrogens (tertiary/aromatic N) is 1. The van der Waals surface area contributed by atoms with E-state index in [4.69, 9.17) is 12.6 Å². The maximum absolute atomic E-state index is 6.31. The van der Waals surface area contributed by atoms with Crippen LogP contribution in [0.25, 0.3) is 0 Å². The first-order valence-electron chi connectivity index (χ1n) is 8.63. The van der Waals surface area contributed by atoms with E-state index < -0.39 is 0 Å². The maximum Gasteiger partial charge on any atom is 0.0833 e. The molecule has 2 nitrogen and oxygen atoms in total. The number of ether oxygens (including phenoxy) is 1. The van der Waals surface area contributed by atoms with Gasteiger partial charge in [-0.2, -0.15) is 0 Å². The van der Waals surface area contributed by atoms with Crippen molar-refractivity contribution in [1.82, 2.24) is 4.90 Å². The molecule has 1 fully saturated rings. The standard InChI is InChI=1S/C14H24BNO.2C2H6/c1-11-8-13(2,15)7-5-6-12(11)16(4)14(3)9-17-10-14;2*1-2/h5-10H2,1-4H3;2*1-2H3. The van der Waals surface area contributed by atoms with Gasteiger partial charge in [-0.1, -0.05) is 51.9 Å². The summed E-state index contributed by atoms with van der Waals surface area (Å²) in [7, 11) is 8.52. The van der Waals surface area contributed by atoms with Crippen LogP contribution in [-0.4, -0.2) is 38.5 Å². The minimum absolute atomic E-state index is 0.0241. The third-order valence-electron chi connectivity index (χ3n) is 4.36. The second-order valence-electron chi connectivity index (χ2n) is 6.46. The molecule has 0 amide bonds. The second-order valence-corrected chi connectivity index (χ2v) is 6.46. The fourth-order valence-corrected chi connectivity index (χ4v) is 3.04. The number of hydrogen-bond donors (Lipinski definition) is 0. The zero-order chi connectivity index (χ0) is 16.7. The van der Waals surface area contributed by atoms with Crippen LogP contribution < -0.4 is 0 Å². The van der Waals surface area contributed by atoms with Gasteiger partial charge in [-0.25, -0.2) is 0 Å². The Morgan fingerprint density at radius 1 is 1.10 bits per heavy atom. The molecule has 1 saturated heterocycles. The predicted octanol–water partition coefficient (Wildman–Crippen LogP) is 4.95. The summed E-state index contributed by atoms with van der Waals surface area (Å²) in [5, 5.41) is -0.0241. The molecule has 1 aliphatic heterocycles. The van der Waals surface area contributed by atoms with Gasteiger partial charge in [-0.3, -0.25) is 0 Å². The van der Waals surface area contributed by atoms with E-state index in [1.165, 1.54) is 17.7 Å². The van der Waals surface area contributed by atoms with Crippen LogP contribution in [0, 0.1) is 0 Å². The van der Waals surface area contributed by atoms with E-state index in [-0.39, 0.29) is 10.9 Å². The van der Waals surface area contributed by atoms with Gasteiger partial charge < -0.3 is 9.64 Å². The first-order valence-corrected chi connectivity index (χ1v) is 8.63. The Balaban J connectivity index is 0.000000921. The van der Waals surface area contributed by atoms with Gasteiger partial charge in [0, 0.05) is 12.7 Å². The summed E-state index contributed by atoms with van der Waals surface area (Å²) in [6.45, 7) is 16.4. The van der Waals surface area contributed by atoms with Crippen LogP contribution in [0.5, 0.6) is 0 Å². The molecule has 1 aliphatic carbocycles. The van der Waals surface area contributed by atoms with Crippen molar-refractivity contribution in [2.24, 2.45) is 0 Å². The van der Waals surface area contributed by atoms with Crippen molar-refractivity contribution in [2.75, 3.05) is 20.3 Å². The highest BCUT2D eigenvalue weighted by Gasteiger charge is 2.39. The zero-order valence-corrected chi connectivity index (χ0v) is 15.7. The molecule has 0 aromatic rings. The van der Waals surface area contributed by atoms with Crippen molar-refractivity contribution in [3.63, 3.8) is 0 Å². The van der Waals surface area contributed by atoms with Crippen LogP contribution in [-0.2, 0) is 4.74 Å². The van der Waals surface area contributed by atoms with Crippen LogP contribution in [0.2, 0.25) is 5.31 Å². The van der Waals surface area contributed by atoms with Gasteiger partial charge in [-0.05, 0) is 33.1 Å². The average molecular weight is 293 g/mol. The van der Waals surface area contributed by atoms with Gasteiger partial charge in [0.15, 0.2) is 0 Å². The van der Waals surface area contributed by atoms with Crippen molar-refractivity contribution in [1.29, 1.82) is 0 Å². The average Bonchev–Trinajstić information content (AvgIpc) is 2.57. The fourth-order valence-electron chi connectivity index (χ4n) is 3.04. The lowest BCUT2D eigenvalue weighted by Crippen LogP contribution is -2.58. The van der Waals surface area contributed by atoms with Gasteiger partial charge in [0.05, 0.1) is 26.6 Å². The van der Waals surface area contributed by atoms with Crippen molar-refractivity contribution in [3.8, 4) is 0 Å². The predicted molar refractivity (Wildman–Crippen MR) is 95.0 cm³/mol. The summed E-state index contributed by atoms with van der Waals surface area (Å²) in [6, 6.07) is 0. The molecule has 2 radical (unpaired) electrons. The monoisotopic (exact) mass is 293 g/mol. The summed E-state index contributed by atoms with van der Waals surface area (Å²) in [4.78, 5) is 2.44. The van der Waals surface area contributed by atoms with Crippen molar-refractivity contribution >= 4 is 7.85 Å².